The molecule has 0 aliphatic rings. The van der Waals surface area contributed by atoms with Crippen LogP contribution in [0, 0.1) is 0 Å². The van der Waals surface area contributed by atoms with Crippen LogP contribution in [0.1, 0.15) is 36.5 Å². The molecule has 1 heteroatoms. The first-order chi connectivity index (χ1) is 2.00. The molecule has 0 unspecified atom stereocenters. The maximum Gasteiger partial charge on any atom is 1.00 e. The van der Waals surface area contributed by atoms with Crippen molar-refractivity contribution >= 4 is 0 Å². The predicted octanol–water partition coefficient (Wildman–Crippen LogP) is -0.195. The molecule has 0 aliphatic carbocycles. The number of hydrogen-bond donors (Lipinski definition) is 0. The van der Waals surface area contributed by atoms with Crippen molar-refractivity contribution < 1.29 is 70.3 Å². The molecular formula is C5H17Cs. The van der Waals surface area contributed by atoms with Gasteiger partial charge in [-0.2, -0.15) is 0 Å². The molecule has 0 amide bonds. The molecule has 0 nitrogen and oxygen atoms in total. The van der Waals surface area contributed by atoms with Crippen LogP contribution in [0.3, 0.4) is 0 Å². The van der Waals surface area contributed by atoms with Crippen LogP contribution in [-0.4, -0.2) is 0 Å². The average molecular weight is 210 g/mol. The van der Waals surface area contributed by atoms with Crippen LogP contribution in [0.5, 0.6) is 0 Å². The van der Waals surface area contributed by atoms with E-state index in [1.54, 1.807) is 0 Å². The van der Waals surface area contributed by atoms with Gasteiger partial charge in [-0.1, -0.05) is 35.1 Å². The minimum absolute atomic E-state index is 0. The van der Waals surface area contributed by atoms with Gasteiger partial charge in [0.2, 0.25) is 0 Å². The van der Waals surface area contributed by atoms with Crippen molar-refractivity contribution in [3.63, 3.8) is 0 Å². The molecule has 0 bridgehead atoms. The van der Waals surface area contributed by atoms with Gasteiger partial charge in [-0.05, 0) is 0 Å². The van der Waals surface area contributed by atoms with Gasteiger partial charge in [-0.15, -0.1) is 0 Å². The third kappa shape index (κ3) is 36.7. The molecule has 0 aliphatic heterocycles. The first-order valence-electron chi connectivity index (χ1n) is 2.00. The van der Waals surface area contributed by atoms with E-state index >= 15 is 0 Å². The molecule has 0 saturated carbocycles. The maximum atomic E-state index is 2.00. The van der Waals surface area contributed by atoms with E-state index in [9.17, 15) is 0 Å². The molecule has 38 valence electrons. The van der Waals surface area contributed by atoms with Gasteiger partial charge in [-0.3, -0.25) is 0 Å². The van der Waals surface area contributed by atoms with Crippen molar-refractivity contribution in [3.05, 3.63) is 0 Å². The molecule has 0 radical (unpaired) electrons. The van der Waals surface area contributed by atoms with Gasteiger partial charge in [0, 0.05) is 0 Å². The SMILES string of the molecule is C.CC.CC.[Cs+].[H-]. The Kier molecular flexibility index (Phi) is 249. The van der Waals surface area contributed by atoms with Crippen LogP contribution in [0.2, 0.25) is 0 Å². The van der Waals surface area contributed by atoms with Gasteiger partial charge in [0.15, 0.2) is 0 Å². The molecule has 0 aromatic carbocycles. The molecule has 0 fully saturated rings. The fourth-order valence-corrected chi connectivity index (χ4v) is 0. The standard InChI is InChI=1S/2C2H6.CH4.Cs.H/c2*1-2;;;/h2*1-2H3;1H4;;/q;;;+1;-1. The third-order valence-electron chi connectivity index (χ3n) is 0. The Bertz CT molecular complexity index is 8.04. The number of rotatable bonds is 0. The minimum atomic E-state index is 0. The van der Waals surface area contributed by atoms with Gasteiger partial charge in [0.1, 0.15) is 0 Å². The summed E-state index contributed by atoms with van der Waals surface area (Å²) in [5.41, 5.74) is 0. The van der Waals surface area contributed by atoms with E-state index in [1.807, 2.05) is 27.7 Å². The second-order valence-corrected chi connectivity index (χ2v) is 0. The molecule has 0 aromatic heterocycles. The minimum Gasteiger partial charge on any atom is -1.00 e. The molecule has 0 saturated heterocycles. The zero-order valence-electron chi connectivity index (χ0n) is 6.00. The van der Waals surface area contributed by atoms with E-state index < -0.39 is 0 Å². The van der Waals surface area contributed by atoms with E-state index in [4.69, 9.17) is 0 Å². The van der Waals surface area contributed by atoms with Crippen LogP contribution < -0.4 is 68.9 Å². The molecule has 0 spiro atoms. The van der Waals surface area contributed by atoms with Crippen molar-refractivity contribution in [2.75, 3.05) is 0 Å². The smallest absolute Gasteiger partial charge is 1.00 e. The monoisotopic (exact) mass is 210 g/mol. The second kappa shape index (κ2) is 61.3. The first kappa shape index (κ1) is 24.4. The average Bonchev–Trinajstić information content (AvgIpc) is 1.50. The van der Waals surface area contributed by atoms with Crippen LogP contribution in [0.15, 0.2) is 0 Å². The Morgan fingerprint density at radius 2 is 0.833 bits per heavy atom. The third-order valence-corrected chi connectivity index (χ3v) is 0. The van der Waals surface area contributed by atoms with E-state index in [2.05, 4.69) is 0 Å². The zero-order valence-corrected chi connectivity index (χ0v) is 11.3. The summed E-state index contributed by atoms with van der Waals surface area (Å²) in [6.45, 7) is 8.00. The summed E-state index contributed by atoms with van der Waals surface area (Å²) in [4.78, 5) is 0. The summed E-state index contributed by atoms with van der Waals surface area (Å²) in [5.74, 6) is 0. The van der Waals surface area contributed by atoms with Crippen LogP contribution in [-0.2, 0) is 0 Å². The Morgan fingerprint density at radius 3 is 0.833 bits per heavy atom. The first-order valence-corrected chi connectivity index (χ1v) is 2.00. The van der Waals surface area contributed by atoms with Crippen LogP contribution in [0.25, 0.3) is 0 Å². The van der Waals surface area contributed by atoms with Crippen molar-refractivity contribution in [1.82, 2.24) is 0 Å². The van der Waals surface area contributed by atoms with E-state index in [-0.39, 0.29) is 77.7 Å². The normalized spacial score (nSPS) is 2.00. The largest absolute Gasteiger partial charge is 1.00 e. The molecule has 0 atom stereocenters. The fraction of sp³-hybridized carbons (Fsp3) is 1.00. The summed E-state index contributed by atoms with van der Waals surface area (Å²) in [6, 6.07) is 0. The van der Waals surface area contributed by atoms with Gasteiger partial charge in [-0.25, -0.2) is 0 Å². The zero-order chi connectivity index (χ0) is 4.00. The van der Waals surface area contributed by atoms with Crippen LogP contribution >= 0.6 is 0 Å². The van der Waals surface area contributed by atoms with Crippen molar-refractivity contribution in [2.45, 2.75) is 35.1 Å². The van der Waals surface area contributed by atoms with Gasteiger partial charge in [0.25, 0.3) is 0 Å². The number of hydrogen-bond acceptors (Lipinski definition) is 0. The van der Waals surface area contributed by atoms with Gasteiger partial charge in [0.05, 0.1) is 0 Å². The van der Waals surface area contributed by atoms with Crippen molar-refractivity contribution in [3.8, 4) is 0 Å². The maximum absolute atomic E-state index is 2.00. The van der Waals surface area contributed by atoms with E-state index in [0.717, 1.165) is 0 Å². The Morgan fingerprint density at radius 1 is 0.833 bits per heavy atom. The summed E-state index contributed by atoms with van der Waals surface area (Å²) in [6.07, 6.45) is 0. The van der Waals surface area contributed by atoms with Gasteiger partial charge >= 0.3 is 68.9 Å². The second-order valence-electron chi connectivity index (χ2n) is 0. The molecule has 0 rings (SSSR count). The molecule has 0 N–H and O–H groups in total. The summed E-state index contributed by atoms with van der Waals surface area (Å²) in [7, 11) is 0. The molecule has 0 heterocycles. The summed E-state index contributed by atoms with van der Waals surface area (Å²) < 4.78 is 0. The van der Waals surface area contributed by atoms with Crippen molar-refractivity contribution in [2.24, 2.45) is 0 Å². The van der Waals surface area contributed by atoms with E-state index in [1.165, 1.54) is 0 Å². The Labute approximate surface area is 103 Å². The molecular weight excluding hydrogens is 193 g/mol. The molecule has 6 heavy (non-hydrogen) atoms. The fourth-order valence-electron chi connectivity index (χ4n) is 0. The van der Waals surface area contributed by atoms with Crippen molar-refractivity contribution in [1.29, 1.82) is 0 Å². The summed E-state index contributed by atoms with van der Waals surface area (Å²) >= 11 is 0. The Balaban J connectivity index is -0.00000000267. The van der Waals surface area contributed by atoms with E-state index in [0.29, 0.717) is 0 Å². The predicted molar refractivity (Wildman–Crippen MR) is 30.5 cm³/mol. The topological polar surface area (TPSA) is 0 Å². The molecule has 0 aromatic rings. The van der Waals surface area contributed by atoms with Crippen LogP contribution in [0.4, 0.5) is 0 Å². The quantitative estimate of drug-likeness (QED) is 0.519. The Hall–Kier alpha value is 2.05. The summed E-state index contributed by atoms with van der Waals surface area (Å²) in [5, 5.41) is 0. The van der Waals surface area contributed by atoms with Gasteiger partial charge < -0.3 is 1.43 Å².